The molecule has 0 fully saturated rings. The molecule has 88 valence electrons. The molecule has 0 radical (unpaired) electrons. The lowest BCUT2D eigenvalue weighted by Gasteiger charge is -2.02. The highest BCUT2D eigenvalue weighted by atomic mass is 16.4. The second kappa shape index (κ2) is 4.11. The molecule has 0 bridgehead atoms. The Balaban J connectivity index is 2.04. The van der Waals surface area contributed by atoms with E-state index in [-0.39, 0.29) is 0 Å². The number of aromatic carboxylic acids is 1. The van der Waals surface area contributed by atoms with E-state index in [0.29, 0.717) is 12.0 Å². The van der Waals surface area contributed by atoms with Crippen molar-refractivity contribution in [1.29, 1.82) is 0 Å². The summed E-state index contributed by atoms with van der Waals surface area (Å²) in [6, 6.07) is 15.1. The van der Waals surface area contributed by atoms with Crippen LogP contribution in [0.2, 0.25) is 0 Å². The van der Waals surface area contributed by atoms with Crippen molar-refractivity contribution in [1.82, 2.24) is 0 Å². The lowest BCUT2D eigenvalue weighted by atomic mass is 10.00. The molecular formula is C15H11NO2. The van der Waals surface area contributed by atoms with Crippen LogP contribution in [0.5, 0.6) is 0 Å². The number of carboxylic acid groups (broad SMARTS) is 1. The number of rotatable bonds is 2. The summed E-state index contributed by atoms with van der Waals surface area (Å²) >= 11 is 0. The molecule has 2 aromatic carbocycles. The standard InChI is InChI=1S/C15H11NO2/c17-15(18)11-7-4-8-13-12(11)9-14(16-13)10-5-2-1-3-6-10/h1-8H,9H2,(H,17,18). The van der Waals surface area contributed by atoms with Crippen LogP contribution in [-0.4, -0.2) is 16.8 Å². The van der Waals surface area contributed by atoms with Crippen LogP contribution in [0.1, 0.15) is 21.5 Å². The Kier molecular flexibility index (Phi) is 2.45. The van der Waals surface area contributed by atoms with Crippen molar-refractivity contribution in [2.24, 2.45) is 4.99 Å². The van der Waals surface area contributed by atoms with Crippen molar-refractivity contribution in [2.75, 3.05) is 0 Å². The monoisotopic (exact) mass is 237 g/mol. The number of hydrogen-bond donors (Lipinski definition) is 1. The SMILES string of the molecule is O=C(O)c1cccc2c1CC(c1ccccc1)=N2. The van der Waals surface area contributed by atoms with Gasteiger partial charge < -0.3 is 5.11 Å². The minimum atomic E-state index is -0.892. The molecule has 0 aliphatic carbocycles. The fourth-order valence-electron chi connectivity index (χ4n) is 2.22. The van der Waals surface area contributed by atoms with E-state index in [2.05, 4.69) is 4.99 Å². The largest absolute Gasteiger partial charge is 0.478 e. The molecule has 3 nitrogen and oxygen atoms in total. The molecule has 3 heteroatoms. The summed E-state index contributed by atoms with van der Waals surface area (Å²) in [4.78, 5) is 15.7. The molecule has 0 saturated heterocycles. The average molecular weight is 237 g/mol. The van der Waals surface area contributed by atoms with Gasteiger partial charge in [-0.15, -0.1) is 0 Å². The molecule has 1 N–H and O–H groups in total. The molecule has 2 aromatic rings. The topological polar surface area (TPSA) is 49.7 Å². The number of aliphatic imine (C=N–C) groups is 1. The molecule has 0 aromatic heterocycles. The van der Waals surface area contributed by atoms with Gasteiger partial charge in [-0.3, -0.25) is 4.99 Å². The van der Waals surface area contributed by atoms with Crippen LogP contribution in [0.3, 0.4) is 0 Å². The Morgan fingerprint density at radius 2 is 1.83 bits per heavy atom. The second-order valence-corrected chi connectivity index (χ2v) is 4.21. The zero-order valence-corrected chi connectivity index (χ0v) is 9.63. The van der Waals surface area contributed by atoms with Gasteiger partial charge in [-0.2, -0.15) is 0 Å². The maximum Gasteiger partial charge on any atom is 0.336 e. The van der Waals surface area contributed by atoms with Gasteiger partial charge in [0.1, 0.15) is 0 Å². The van der Waals surface area contributed by atoms with Gasteiger partial charge in [-0.25, -0.2) is 4.79 Å². The fourth-order valence-corrected chi connectivity index (χ4v) is 2.22. The van der Waals surface area contributed by atoms with E-state index < -0.39 is 5.97 Å². The number of carbonyl (C=O) groups is 1. The van der Waals surface area contributed by atoms with Crippen molar-refractivity contribution in [3.8, 4) is 0 Å². The Labute approximate surface area is 104 Å². The molecule has 0 atom stereocenters. The summed E-state index contributed by atoms with van der Waals surface area (Å²) in [5, 5.41) is 9.15. The van der Waals surface area contributed by atoms with Crippen LogP contribution in [0.4, 0.5) is 5.69 Å². The van der Waals surface area contributed by atoms with Gasteiger partial charge in [0.05, 0.1) is 17.0 Å². The Morgan fingerprint density at radius 3 is 2.56 bits per heavy atom. The molecule has 1 heterocycles. The van der Waals surface area contributed by atoms with E-state index in [9.17, 15) is 4.79 Å². The van der Waals surface area contributed by atoms with Crippen molar-refractivity contribution in [3.05, 3.63) is 65.2 Å². The maximum atomic E-state index is 11.2. The number of hydrogen-bond acceptors (Lipinski definition) is 2. The van der Waals surface area contributed by atoms with Crippen molar-refractivity contribution >= 4 is 17.4 Å². The Bertz CT molecular complexity index is 645. The molecule has 0 spiro atoms. The molecule has 0 amide bonds. The van der Waals surface area contributed by atoms with E-state index in [0.717, 1.165) is 22.5 Å². The second-order valence-electron chi connectivity index (χ2n) is 4.21. The van der Waals surface area contributed by atoms with Crippen molar-refractivity contribution < 1.29 is 9.90 Å². The van der Waals surface area contributed by atoms with Crippen LogP contribution >= 0.6 is 0 Å². The van der Waals surface area contributed by atoms with Crippen LogP contribution in [0.25, 0.3) is 0 Å². The minimum Gasteiger partial charge on any atom is -0.478 e. The quantitative estimate of drug-likeness (QED) is 0.872. The highest BCUT2D eigenvalue weighted by molar-refractivity contribution is 6.08. The number of fused-ring (bicyclic) bond motifs is 1. The van der Waals surface area contributed by atoms with E-state index in [1.54, 1.807) is 12.1 Å². The molecule has 0 unspecified atom stereocenters. The smallest absolute Gasteiger partial charge is 0.336 e. The summed E-state index contributed by atoms with van der Waals surface area (Å²) in [5.41, 5.74) is 3.91. The lowest BCUT2D eigenvalue weighted by molar-refractivity contribution is 0.0696. The van der Waals surface area contributed by atoms with E-state index in [1.807, 2.05) is 36.4 Å². The lowest BCUT2D eigenvalue weighted by Crippen LogP contribution is -2.05. The van der Waals surface area contributed by atoms with Gasteiger partial charge in [-0.1, -0.05) is 36.4 Å². The van der Waals surface area contributed by atoms with Gasteiger partial charge in [0.25, 0.3) is 0 Å². The highest BCUT2D eigenvalue weighted by Crippen LogP contribution is 2.31. The van der Waals surface area contributed by atoms with Crippen LogP contribution in [0.15, 0.2) is 53.5 Å². The van der Waals surface area contributed by atoms with Gasteiger partial charge >= 0.3 is 5.97 Å². The van der Waals surface area contributed by atoms with Crippen LogP contribution < -0.4 is 0 Å². The molecule has 1 aliphatic rings. The third kappa shape index (κ3) is 1.70. The minimum absolute atomic E-state index is 0.349. The summed E-state index contributed by atoms with van der Waals surface area (Å²) < 4.78 is 0. The average Bonchev–Trinajstić information content (AvgIpc) is 2.83. The van der Waals surface area contributed by atoms with Gasteiger partial charge in [0.2, 0.25) is 0 Å². The summed E-state index contributed by atoms with van der Waals surface area (Å²) in [7, 11) is 0. The van der Waals surface area contributed by atoms with Crippen LogP contribution in [0, 0.1) is 0 Å². The zero-order chi connectivity index (χ0) is 12.5. The van der Waals surface area contributed by atoms with Crippen LogP contribution in [-0.2, 0) is 6.42 Å². The summed E-state index contributed by atoms with van der Waals surface area (Å²) in [6.07, 6.45) is 0.585. The first-order chi connectivity index (χ1) is 8.75. The highest BCUT2D eigenvalue weighted by Gasteiger charge is 2.21. The number of benzene rings is 2. The normalized spacial score (nSPS) is 13.0. The predicted octanol–water partition coefficient (Wildman–Crippen LogP) is 3.06. The predicted molar refractivity (Wildman–Crippen MR) is 69.7 cm³/mol. The van der Waals surface area contributed by atoms with E-state index in [4.69, 9.17) is 5.11 Å². The number of carboxylic acids is 1. The van der Waals surface area contributed by atoms with E-state index in [1.165, 1.54) is 0 Å². The molecule has 1 aliphatic heterocycles. The first kappa shape index (κ1) is 10.7. The van der Waals surface area contributed by atoms with E-state index >= 15 is 0 Å². The van der Waals surface area contributed by atoms with Crippen molar-refractivity contribution in [2.45, 2.75) is 6.42 Å². The molecular weight excluding hydrogens is 226 g/mol. The summed E-state index contributed by atoms with van der Waals surface area (Å²) in [5.74, 6) is -0.892. The molecule has 3 rings (SSSR count). The van der Waals surface area contributed by atoms with Gasteiger partial charge in [0.15, 0.2) is 0 Å². The summed E-state index contributed by atoms with van der Waals surface area (Å²) in [6.45, 7) is 0. The molecule has 0 saturated carbocycles. The fraction of sp³-hybridized carbons (Fsp3) is 0.0667. The van der Waals surface area contributed by atoms with Crippen molar-refractivity contribution in [3.63, 3.8) is 0 Å². The first-order valence-electron chi connectivity index (χ1n) is 5.74. The third-order valence-electron chi connectivity index (χ3n) is 3.09. The molecule has 18 heavy (non-hydrogen) atoms. The van der Waals surface area contributed by atoms with Gasteiger partial charge in [-0.05, 0) is 23.3 Å². The third-order valence-corrected chi connectivity index (χ3v) is 3.09. The van der Waals surface area contributed by atoms with Gasteiger partial charge in [0, 0.05) is 6.42 Å². The Morgan fingerprint density at radius 1 is 1.06 bits per heavy atom. The number of nitrogens with zero attached hydrogens (tertiary/aromatic N) is 1. The Hall–Kier alpha value is -2.42. The maximum absolute atomic E-state index is 11.2. The first-order valence-corrected chi connectivity index (χ1v) is 5.74. The zero-order valence-electron chi connectivity index (χ0n) is 9.63.